The van der Waals surface area contributed by atoms with Gasteiger partial charge in [-0.15, -0.1) is 11.3 Å². The van der Waals surface area contributed by atoms with Crippen LogP contribution in [0.4, 0.5) is 11.5 Å². The summed E-state index contributed by atoms with van der Waals surface area (Å²) >= 11 is 1.79. The second kappa shape index (κ2) is 11.2. The quantitative estimate of drug-likeness (QED) is 0.426. The molecular formula is C30H40N6O2S. The van der Waals surface area contributed by atoms with Crippen molar-refractivity contribution in [1.29, 1.82) is 0 Å². The van der Waals surface area contributed by atoms with E-state index >= 15 is 0 Å². The number of piperidine rings is 2. The first kappa shape index (κ1) is 27.5. The number of aryl methyl sites for hydroxylation is 1. The molecule has 1 unspecified atom stereocenters. The first-order valence-corrected chi connectivity index (χ1v) is 14.9. The number of hydrogen-bond donors (Lipinski definition) is 2. The molecule has 5 rings (SSSR count). The van der Waals surface area contributed by atoms with Gasteiger partial charge in [0, 0.05) is 24.5 Å². The smallest absolute Gasteiger partial charge is 0.313 e. The van der Waals surface area contributed by atoms with Crippen molar-refractivity contribution in [3.05, 3.63) is 46.6 Å². The van der Waals surface area contributed by atoms with Gasteiger partial charge in [0.05, 0.1) is 33.2 Å². The highest BCUT2D eigenvalue weighted by molar-refractivity contribution is 7.18. The van der Waals surface area contributed by atoms with Crippen molar-refractivity contribution in [2.75, 3.05) is 24.6 Å². The van der Waals surface area contributed by atoms with E-state index in [0.717, 1.165) is 42.3 Å². The lowest BCUT2D eigenvalue weighted by atomic mass is 9.88. The number of thiazole rings is 1. The minimum atomic E-state index is -0.648. The highest BCUT2D eigenvalue weighted by Gasteiger charge is 2.35. The molecule has 39 heavy (non-hydrogen) atoms. The maximum Gasteiger partial charge on any atom is 0.313 e. The Bertz CT molecular complexity index is 1360. The zero-order valence-corrected chi connectivity index (χ0v) is 24.4. The summed E-state index contributed by atoms with van der Waals surface area (Å²) in [5, 5.41) is 3.96. The fraction of sp³-hybridized carbons (Fsp3) is 0.533. The second-order valence-corrected chi connectivity index (χ2v) is 12.6. The molecule has 0 bridgehead atoms. The number of fused-ring (bicyclic) bond motifs is 1. The third-order valence-corrected chi connectivity index (χ3v) is 9.92. The molecule has 2 amide bonds. The lowest BCUT2D eigenvalue weighted by molar-refractivity contribution is -0.146. The van der Waals surface area contributed by atoms with Crippen LogP contribution in [0.25, 0.3) is 10.2 Å². The van der Waals surface area contributed by atoms with Crippen LogP contribution in [0, 0.1) is 5.92 Å². The number of nitrogen functional groups attached to an aromatic ring is 1. The Balaban J connectivity index is 1.36. The molecule has 2 saturated heterocycles. The van der Waals surface area contributed by atoms with Gasteiger partial charge in [0.15, 0.2) is 0 Å². The van der Waals surface area contributed by atoms with E-state index in [0.29, 0.717) is 48.4 Å². The second-order valence-electron chi connectivity index (χ2n) is 11.5. The molecule has 1 aromatic carbocycles. The Morgan fingerprint density at radius 3 is 2.59 bits per heavy atom. The number of aromatic nitrogens is 2. The van der Waals surface area contributed by atoms with E-state index in [2.05, 4.69) is 61.2 Å². The number of carbonyl (C=O) groups excluding carboxylic acids is 2. The average Bonchev–Trinajstić information content (AvgIpc) is 3.35. The molecule has 0 spiro atoms. The zero-order chi connectivity index (χ0) is 27.8. The number of carbonyl (C=O) groups is 2. The van der Waals surface area contributed by atoms with E-state index in [-0.39, 0.29) is 6.04 Å². The summed E-state index contributed by atoms with van der Waals surface area (Å²) in [7, 11) is 2.21. The molecule has 2 aromatic heterocycles. The number of nitrogens with zero attached hydrogens (tertiary/aromatic N) is 4. The van der Waals surface area contributed by atoms with Crippen LogP contribution in [0.15, 0.2) is 30.5 Å². The van der Waals surface area contributed by atoms with Crippen LogP contribution in [-0.2, 0) is 16.0 Å². The van der Waals surface area contributed by atoms with Gasteiger partial charge in [-0.2, -0.15) is 0 Å². The van der Waals surface area contributed by atoms with Crippen LogP contribution < -0.4 is 11.1 Å². The Morgan fingerprint density at radius 1 is 1.13 bits per heavy atom. The van der Waals surface area contributed by atoms with Gasteiger partial charge in [-0.25, -0.2) is 9.97 Å². The summed E-state index contributed by atoms with van der Waals surface area (Å²) < 4.78 is 1.18. The molecule has 8 nitrogen and oxygen atoms in total. The maximum absolute atomic E-state index is 13.5. The topological polar surface area (TPSA) is 104 Å². The van der Waals surface area contributed by atoms with E-state index in [1.165, 1.54) is 15.9 Å². The number of nitrogens with one attached hydrogen (secondary N) is 1. The van der Waals surface area contributed by atoms with Crippen molar-refractivity contribution in [3.8, 4) is 0 Å². The fourth-order valence-corrected chi connectivity index (χ4v) is 7.22. The molecule has 3 aromatic rings. The predicted molar refractivity (Wildman–Crippen MR) is 158 cm³/mol. The van der Waals surface area contributed by atoms with Gasteiger partial charge < -0.3 is 20.9 Å². The first-order chi connectivity index (χ1) is 18.6. The summed E-state index contributed by atoms with van der Waals surface area (Å²) in [6.07, 6.45) is 6.25. The third-order valence-electron chi connectivity index (χ3n) is 8.72. The van der Waals surface area contributed by atoms with Gasteiger partial charge in [0.25, 0.3) is 0 Å². The number of rotatable bonds is 4. The third kappa shape index (κ3) is 5.65. The zero-order valence-electron chi connectivity index (χ0n) is 23.6. The lowest BCUT2D eigenvalue weighted by Gasteiger charge is -2.39. The standard InChI is InChI=1S/C30H40N6O2S/c1-6-20-13-23(15-32-27(20)31)33-28(37)30(38)36-16-17(2)7-9-25(36)21-8-10-26-24(14-21)34-29(39-26)22-11-18(3)35(5)19(4)12-22/h8,10,13-15,17-19,22,25H,6-7,9,11-12,16H2,1-5H3,(H2,31,32)(H,33,37)/t17-,18-,19+,22?,25+/m0/s1. The Morgan fingerprint density at radius 2 is 1.87 bits per heavy atom. The minimum absolute atomic E-state index is 0.159. The molecule has 208 valence electrons. The molecule has 2 fully saturated rings. The van der Waals surface area contributed by atoms with Gasteiger partial charge in [0.1, 0.15) is 5.82 Å². The summed E-state index contributed by atoms with van der Waals surface area (Å²) in [6.45, 7) is 9.24. The minimum Gasteiger partial charge on any atom is -0.383 e. The maximum atomic E-state index is 13.5. The van der Waals surface area contributed by atoms with Crippen molar-refractivity contribution in [3.63, 3.8) is 0 Å². The first-order valence-electron chi connectivity index (χ1n) is 14.1. The number of pyridine rings is 1. The van der Waals surface area contributed by atoms with Gasteiger partial charge in [-0.05, 0) is 88.2 Å². The van der Waals surface area contributed by atoms with Gasteiger partial charge in [-0.1, -0.05) is 19.9 Å². The molecule has 5 atom stereocenters. The van der Waals surface area contributed by atoms with Crippen LogP contribution in [-0.4, -0.2) is 57.3 Å². The van der Waals surface area contributed by atoms with Gasteiger partial charge in [-0.3, -0.25) is 9.59 Å². The van der Waals surface area contributed by atoms with Crippen molar-refractivity contribution in [2.24, 2.45) is 5.92 Å². The highest BCUT2D eigenvalue weighted by Crippen LogP contribution is 2.40. The van der Waals surface area contributed by atoms with Crippen LogP contribution in [0.3, 0.4) is 0 Å². The SMILES string of the molecule is CCc1cc(NC(=O)C(=O)N2C[C@@H](C)CC[C@@H]2c2ccc3sc(C4C[C@@H](C)N(C)[C@@H](C)C4)nc3c2)cnc1N. The number of likely N-dealkylation sites (tertiary alicyclic amines) is 2. The largest absolute Gasteiger partial charge is 0.383 e. The molecule has 2 aliphatic heterocycles. The summed E-state index contributed by atoms with van der Waals surface area (Å²) in [6, 6.07) is 9.08. The average molecular weight is 549 g/mol. The van der Waals surface area contributed by atoms with E-state index in [1.807, 2.05) is 6.92 Å². The number of amides is 2. The fourth-order valence-electron chi connectivity index (χ4n) is 6.14. The molecular weight excluding hydrogens is 508 g/mol. The summed E-state index contributed by atoms with van der Waals surface area (Å²) in [5.74, 6) is 0.0681. The summed E-state index contributed by atoms with van der Waals surface area (Å²) in [4.78, 5) is 40.0. The number of hydrogen-bond acceptors (Lipinski definition) is 7. The van der Waals surface area contributed by atoms with Crippen molar-refractivity contribution in [2.45, 2.75) is 83.8 Å². The number of nitrogens with two attached hydrogens (primary N) is 1. The Kier molecular flexibility index (Phi) is 7.91. The molecule has 9 heteroatoms. The Labute approximate surface area is 235 Å². The molecule has 4 heterocycles. The van der Waals surface area contributed by atoms with Crippen molar-refractivity contribution in [1.82, 2.24) is 19.8 Å². The van der Waals surface area contributed by atoms with Crippen molar-refractivity contribution >= 4 is 44.9 Å². The van der Waals surface area contributed by atoms with Gasteiger partial charge in [0.2, 0.25) is 0 Å². The van der Waals surface area contributed by atoms with Crippen molar-refractivity contribution < 1.29 is 9.59 Å². The van der Waals surface area contributed by atoms with E-state index in [9.17, 15) is 9.59 Å². The predicted octanol–water partition coefficient (Wildman–Crippen LogP) is 5.36. The lowest BCUT2D eigenvalue weighted by Crippen LogP contribution is -2.46. The van der Waals surface area contributed by atoms with E-state index in [4.69, 9.17) is 10.7 Å². The molecule has 0 radical (unpaired) electrons. The monoisotopic (exact) mass is 548 g/mol. The number of anilines is 2. The number of benzene rings is 1. The summed E-state index contributed by atoms with van der Waals surface area (Å²) in [5.41, 5.74) is 9.25. The van der Waals surface area contributed by atoms with Gasteiger partial charge >= 0.3 is 11.8 Å². The normalized spacial score (nSPS) is 26.1. The van der Waals surface area contributed by atoms with Crippen LogP contribution in [0.5, 0.6) is 0 Å². The molecule has 3 N–H and O–H groups in total. The van der Waals surface area contributed by atoms with Crippen LogP contribution in [0.1, 0.15) is 81.5 Å². The highest BCUT2D eigenvalue weighted by atomic mass is 32.1. The molecule has 0 aliphatic carbocycles. The van der Waals surface area contributed by atoms with E-state index < -0.39 is 11.8 Å². The van der Waals surface area contributed by atoms with Crippen LogP contribution >= 0.6 is 11.3 Å². The molecule has 2 aliphatic rings. The van der Waals surface area contributed by atoms with E-state index in [1.54, 1.807) is 22.3 Å². The Hall–Kier alpha value is -3.04. The van der Waals surface area contributed by atoms with Crippen LogP contribution in [0.2, 0.25) is 0 Å². The molecule has 0 saturated carbocycles.